The van der Waals surface area contributed by atoms with Gasteiger partial charge in [-0.1, -0.05) is 278 Å². The maximum Gasteiger partial charge on any atom is 0.220 e. The molecule has 3 aliphatic rings. The van der Waals surface area contributed by atoms with Gasteiger partial charge in [0.1, 0.15) is 73.2 Å². The van der Waals surface area contributed by atoms with Crippen molar-refractivity contribution in [3.63, 3.8) is 0 Å². The van der Waals surface area contributed by atoms with Gasteiger partial charge in [0.05, 0.1) is 38.6 Å². The highest BCUT2D eigenvalue weighted by atomic mass is 16.8. The predicted molar refractivity (Wildman–Crippen MR) is 387 cm³/mol. The zero-order valence-electron chi connectivity index (χ0n) is 60.2. The molecule has 3 heterocycles. The van der Waals surface area contributed by atoms with Gasteiger partial charge in [-0.3, -0.25) is 4.79 Å². The van der Waals surface area contributed by atoms with E-state index in [1.54, 1.807) is 0 Å². The number of amides is 1. The summed E-state index contributed by atoms with van der Waals surface area (Å²) in [5.41, 5.74) is 0. The lowest BCUT2D eigenvalue weighted by atomic mass is 9.96. The zero-order valence-corrected chi connectivity index (χ0v) is 60.2. The van der Waals surface area contributed by atoms with Crippen LogP contribution < -0.4 is 5.32 Å². The number of carbonyl (C=O) groups is 1. The fourth-order valence-corrected chi connectivity index (χ4v) is 12.5. The third-order valence-corrected chi connectivity index (χ3v) is 18.7. The Balaban J connectivity index is 1.28. The van der Waals surface area contributed by atoms with E-state index < -0.39 is 124 Å². The molecule has 0 aromatic carbocycles. The molecule has 98 heavy (non-hydrogen) atoms. The van der Waals surface area contributed by atoms with Crippen LogP contribution in [0.25, 0.3) is 0 Å². The Morgan fingerprint density at radius 2 is 0.704 bits per heavy atom. The average Bonchev–Trinajstić information content (AvgIpc) is 0.785. The summed E-state index contributed by atoms with van der Waals surface area (Å²) in [6, 6.07) is -0.890. The third kappa shape index (κ3) is 39.4. The quantitative estimate of drug-likeness (QED) is 0.0199. The molecular weight excluding hydrogens is 1250 g/mol. The monoisotopic (exact) mass is 1390 g/mol. The van der Waals surface area contributed by atoms with E-state index in [9.17, 15) is 61.0 Å². The molecule has 0 aliphatic carbocycles. The topological polar surface area (TPSA) is 307 Å². The second-order valence-corrected chi connectivity index (χ2v) is 27.1. The summed E-state index contributed by atoms with van der Waals surface area (Å²) in [6.07, 6.45) is 52.3. The van der Waals surface area contributed by atoms with Crippen molar-refractivity contribution in [3.05, 3.63) is 97.2 Å². The fraction of sp³-hybridized carbons (Fsp3) is 0.785. The Morgan fingerprint density at radius 1 is 0.378 bits per heavy atom. The molecule has 17 unspecified atom stereocenters. The average molecular weight is 1390 g/mol. The lowest BCUT2D eigenvalue weighted by molar-refractivity contribution is -0.379. The molecule has 0 radical (unpaired) electrons. The highest BCUT2D eigenvalue weighted by molar-refractivity contribution is 5.76. The smallest absolute Gasteiger partial charge is 0.220 e. The Bertz CT molecular complexity index is 2150. The lowest BCUT2D eigenvalue weighted by Gasteiger charge is -2.48. The molecule has 3 rings (SSSR count). The van der Waals surface area contributed by atoms with Gasteiger partial charge in [0.2, 0.25) is 5.91 Å². The highest BCUT2D eigenvalue weighted by Crippen LogP contribution is 2.33. The first kappa shape index (κ1) is 88.9. The number of carbonyl (C=O) groups excluding carboxylic acids is 1. The minimum absolute atomic E-state index is 0.245. The number of aliphatic hydroxyl groups is 11. The van der Waals surface area contributed by atoms with Crippen molar-refractivity contribution >= 4 is 5.91 Å². The van der Waals surface area contributed by atoms with Crippen molar-refractivity contribution in [1.82, 2.24) is 5.32 Å². The van der Waals surface area contributed by atoms with E-state index in [4.69, 9.17) is 28.4 Å². The van der Waals surface area contributed by atoms with E-state index in [2.05, 4.69) is 116 Å². The normalized spacial score (nSPS) is 27.3. The van der Waals surface area contributed by atoms with Crippen molar-refractivity contribution in [2.75, 3.05) is 26.4 Å². The van der Waals surface area contributed by atoms with Crippen LogP contribution in [-0.2, 0) is 33.2 Å². The van der Waals surface area contributed by atoms with Crippen molar-refractivity contribution in [2.24, 2.45) is 0 Å². The zero-order chi connectivity index (χ0) is 71.1. The molecule has 12 N–H and O–H groups in total. The van der Waals surface area contributed by atoms with E-state index in [0.29, 0.717) is 12.8 Å². The first-order valence-corrected chi connectivity index (χ1v) is 38.5. The number of nitrogens with one attached hydrogen (secondary N) is 1. The summed E-state index contributed by atoms with van der Waals surface area (Å²) in [4.78, 5) is 13.4. The Labute approximate surface area is 590 Å². The van der Waals surface area contributed by atoms with Crippen LogP contribution in [0.1, 0.15) is 264 Å². The molecule has 566 valence electrons. The van der Waals surface area contributed by atoms with Crippen LogP contribution >= 0.6 is 0 Å². The summed E-state index contributed by atoms with van der Waals surface area (Å²) >= 11 is 0. The number of ether oxygens (including phenoxy) is 6. The maximum absolute atomic E-state index is 13.4. The van der Waals surface area contributed by atoms with Crippen LogP contribution in [0.5, 0.6) is 0 Å². The SMILES string of the molecule is CC/C=C\C/C=C\C/C=C\C/C=C\C/C=C\C/C=C\C/C=C\C/C=C\CCCCCCCCCCCCCCCCCCC(=O)NC(COC1OC(CO)C(OC2OC(CO)C(OC3OC(CO)C(O)C(O)C3O)C(O)C2O)C(O)C1O)C(O)CCCCCCCCCCCCCC. The first-order chi connectivity index (χ1) is 47.8. The fourth-order valence-electron chi connectivity index (χ4n) is 12.5. The molecule has 19 nitrogen and oxygen atoms in total. The third-order valence-electron chi connectivity index (χ3n) is 18.7. The van der Waals surface area contributed by atoms with Gasteiger partial charge in [0.25, 0.3) is 0 Å². The van der Waals surface area contributed by atoms with E-state index >= 15 is 0 Å². The molecule has 0 aromatic rings. The molecular formula is C79H137NO18. The van der Waals surface area contributed by atoms with Crippen LogP contribution in [0.2, 0.25) is 0 Å². The Hall–Kier alpha value is -3.29. The minimum atomic E-state index is -1.97. The Kier molecular flexibility index (Phi) is 53.7. The number of aliphatic hydroxyl groups excluding tert-OH is 11. The van der Waals surface area contributed by atoms with Gasteiger partial charge in [-0.25, -0.2) is 0 Å². The number of hydrogen-bond acceptors (Lipinski definition) is 18. The molecule has 3 aliphatic heterocycles. The lowest BCUT2D eigenvalue weighted by Crippen LogP contribution is -2.66. The van der Waals surface area contributed by atoms with Crippen LogP contribution in [0.15, 0.2) is 97.2 Å². The number of rotatable bonds is 59. The molecule has 0 saturated carbocycles. The van der Waals surface area contributed by atoms with E-state index in [1.807, 2.05) is 0 Å². The molecule has 3 fully saturated rings. The second kappa shape index (κ2) is 59.1. The largest absolute Gasteiger partial charge is 0.394 e. The van der Waals surface area contributed by atoms with Crippen molar-refractivity contribution < 1.29 is 89.4 Å². The van der Waals surface area contributed by atoms with Gasteiger partial charge in [0, 0.05) is 6.42 Å². The number of unbranched alkanes of at least 4 members (excludes halogenated alkanes) is 27. The number of hydrogen-bond donors (Lipinski definition) is 12. The van der Waals surface area contributed by atoms with Gasteiger partial charge in [-0.05, 0) is 77.0 Å². The minimum Gasteiger partial charge on any atom is -0.394 e. The summed E-state index contributed by atoms with van der Waals surface area (Å²) in [5.74, 6) is -0.245. The second-order valence-electron chi connectivity index (χ2n) is 27.1. The molecule has 3 saturated heterocycles. The molecule has 17 atom stereocenters. The number of allylic oxidation sites excluding steroid dienone is 16. The molecule has 0 bridgehead atoms. The standard InChI is InChI=1S/C79H137NO18/c1-3-5-7-9-11-13-15-17-18-19-20-21-22-23-24-25-26-27-28-29-30-31-32-33-34-35-36-37-38-39-40-41-42-43-44-45-47-49-51-53-55-57-67(85)80-62(63(84)56-54-52-50-48-46-16-14-12-10-8-6-4-2)61-93-77-73(91)70(88)75(65(59-82)95-77)98-79-74(92)71(89)76(66(60-83)96-79)97-78-72(90)69(87)68(86)64(58-81)94-78/h5,7,11,13,17-18,20-21,23-24,26-27,29-30,32-33,62-66,68-79,81-84,86-92H,3-4,6,8-10,12,14-16,19,22,25,28,31,34-61H2,1-2H3,(H,80,85)/b7-5-,13-11-,18-17-,21-20-,24-23-,27-26-,30-29-,33-32-. The molecule has 19 heteroatoms. The first-order valence-electron chi connectivity index (χ1n) is 38.5. The van der Waals surface area contributed by atoms with Crippen molar-refractivity contribution in [1.29, 1.82) is 0 Å². The van der Waals surface area contributed by atoms with Crippen LogP contribution in [0.4, 0.5) is 0 Å². The molecule has 0 spiro atoms. The molecule has 1 amide bonds. The predicted octanol–water partition coefficient (Wildman–Crippen LogP) is 12.0. The molecule has 0 aromatic heterocycles. The van der Waals surface area contributed by atoms with Crippen LogP contribution in [0.3, 0.4) is 0 Å². The van der Waals surface area contributed by atoms with Gasteiger partial charge in [0.15, 0.2) is 18.9 Å². The van der Waals surface area contributed by atoms with Crippen LogP contribution in [-0.4, -0.2) is 193 Å². The summed E-state index contributed by atoms with van der Waals surface area (Å²) < 4.78 is 34.4. The van der Waals surface area contributed by atoms with Crippen molar-refractivity contribution in [3.8, 4) is 0 Å². The van der Waals surface area contributed by atoms with Gasteiger partial charge >= 0.3 is 0 Å². The highest BCUT2D eigenvalue weighted by Gasteiger charge is 2.53. The van der Waals surface area contributed by atoms with Crippen molar-refractivity contribution in [2.45, 2.75) is 369 Å². The van der Waals surface area contributed by atoms with Gasteiger partial charge < -0.3 is 89.9 Å². The van der Waals surface area contributed by atoms with Crippen LogP contribution in [0, 0.1) is 0 Å². The van der Waals surface area contributed by atoms with E-state index in [-0.39, 0.29) is 18.9 Å². The van der Waals surface area contributed by atoms with Gasteiger partial charge in [-0.15, -0.1) is 0 Å². The summed E-state index contributed by atoms with van der Waals surface area (Å²) in [7, 11) is 0. The van der Waals surface area contributed by atoms with Gasteiger partial charge in [-0.2, -0.15) is 0 Å². The Morgan fingerprint density at radius 3 is 1.10 bits per heavy atom. The van der Waals surface area contributed by atoms with E-state index in [0.717, 1.165) is 96.3 Å². The van der Waals surface area contributed by atoms with E-state index in [1.165, 1.54) is 135 Å². The summed E-state index contributed by atoms with van der Waals surface area (Å²) in [6.45, 7) is 1.67. The summed E-state index contributed by atoms with van der Waals surface area (Å²) in [5, 5.41) is 121. The maximum atomic E-state index is 13.4.